The molecule has 1 aliphatic heterocycles. The summed E-state index contributed by atoms with van der Waals surface area (Å²) in [7, 11) is -1.55. The number of ether oxygens (including phenoxy) is 1. The fourth-order valence-electron chi connectivity index (χ4n) is 1.83. The zero-order valence-electron chi connectivity index (χ0n) is 9.73. The molecule has 2 atom stereocenters. The minimum Gasteiger partial charge on any atom is -0.469 e. The molecule has 94 valence electrons. The second-order valence-electron chi connectivity index (χ2n) is 4.22. The Hall–Kier alpha value is -0.620. The Bertz CT molecular complexity index is 339. The topological polar surface area (TPSA) is 72.5 Å². The molecule has 1 heterocycles. The van der Waals surface area contributed by atoms with Crippen LogP contribution in [0.15, 0.2) is 0 Å². The van der Waals surface area contributed by atoms with Crippen molar-refractivity contribution in [2.24, 2.45) is 0 Å². The highest BCUT2D eigenvalue weighted by atomic mass is 32.2. The van der Waals surface area contributed by atoms with Crippen molar-refractivity contribution in [3.05, 3.63) is 0 Å². The van der Waals surface area contributed by atoms with Gasteiger partial charge >= 0.3 is 5.97 Å². The molecule has 0 spiro atoms. The summed E-state index contributed by atoms with van der Waals surface area (Å²) < 4.78 is 27.6. The first-order valence-electron chi connectivity index (χ1n) is 5.47. The summed E-state index contributed by atoms with van der Waals surface area (Å²) in [4.78, 5) is 11.0. The van der Waals surface area contributed by atoms with Crippen LogP contribution in [0.2, 0.25) is 0 Å². The number of methoxy groups -OCH3 is 1. The summed E-state index contributed by atoms with van der Waals surface area (Å²) in [5, 5.41) is 2.78. The van der Waals surface area contributed by atoms with Crippen LogP contribution in [0.1, 0.15) is 26.2 Å². The van der Waals surface area contributed by atoms with Gasteiger partial charge in [-0.1, -0.05) is 0 Å². The van der Waals surface area contributed by atoms with Gasteiger partial charge in [0.25, 0.3) is 0 Å². The number of hydrogen-bond acceptors (Lipinski definition) is 5. The molecule has 1 rings (SSSR count). The molecule has 1 aliphatic rings. The van der Waals surface area contributed by atoms with Gasteiger partial charge in [0.05, 0.1) is 24.5 Å². The van der Waals surface area contributed by atoms with E-state index in [4.69, 9.17) is 0 Å². The molecule has 0 amide bonds. The highest BCUT2D eigenvalue weighted by Crippen LogP contribution is 2.19. The molecule has 0 bridgehead atoms. The lowest BCUT2D eigenvalue weighted by Gasteiger charge is -2.15. The molecule has 0 aromatic rings. The molecule has 2 unspecified atom stereocenters. The number of hydrogen-bond donors (Lipinski definition) is 1. The van der Waals surface area contributed by atoms with Crippen molar-refractivity contribution in [3.8, 4) is 0 Å². The Balaban J connectivity index is 2.32. The number of rotatable bonds is 5. The Morgan fingerprint density at radius 3 is 2.75 bits per heavy atom. The average molecular weight is 249 g/mol. The lowest BCUT2D eigenvalue weighted by molar-refractivity contribution is -0.141. The first-order valence-corrected chi connectivity index (χ1v) is 7.19. The van der Waals surface area contributed by atoms with Crippen molar-refractivity contribution in [2.75, 3.05) is 19.4 Å². The standard InChI is InChI=1S/C10H19NO4S/c1-8(6-10(12)15-2)11-7-9-4-3-5-16(9,13)14/h8-9,11H,3-7H2,1-2H3. The van der Waals surface area contributed by atoms with Crippen LogP contribution in [0.5, 0.6) is 0 Å². The van der Waals surface area contributed by atoms with Crippen molar-refractivity contribution in [1.82, 2.24) is 5.32 Å². The van der Waals surface area contributed by atoms with E-state index in [0.717, 1.165) is 12.8 Å². The second kappa shape index (κ2) is 5.63. The molecule has 0 aromatic heterocycles. The van der Waals surface area contributed by atoms with Crippen LogP contribution in [-0.4, -0.2) is 45.1 Å². The summed E-state index contributed by atoms with van der Waals surface area (Å²) in [6.07, 6.45) is 1.74. The van der Waals surface area contributed by atoms with Crippen molar-refractivity contribution in [3.63, 3.8) is 0 Å². The molecule has 6 heteroatoms. The monoisotopic (exact) mass is 249 g/mol. The minimum absolute atomic E-state index is 0.0525. The van der Waals surface area contributed by atoms with E-state index in [1.54, 1.807) is 0 Å². The maximum absolute atomic E-state index is 11.5. The normalized spacial score (nSPS) is 25.2. The van der Waals surface area contributed by atoms with E-state index in [1.807, 2.05) is 6.92 Å². The Labute approximate surface area is 96.5 Å². The molecule has 16 heavy (non-hydrogen) atoms. The van der Waals surface area contributed by atoms with E-state index in [2.05, 4.69) is 10.1 Å². The molecule has 5 nitrogen and oxygen atoms in total. The number of sulfone groups is 1. The summed E-state index contributed by atoms with van der Waals surface area (Å²) >= 11 is 0. The third-order valence-electron chi connectivity index (χ3n) is 2.86. The number of esters is 1. The first-order chi connectivity index (χ1) is 7.45. The maximum Gasteiger partial charge on any atom is 0.307 e. The van der Waals surface area contributed by atoms with Gasteiger partial charge in [-0.2, -0.15) is 0 Å². The van der Waals surface area contributed by atoms with Gasteiger partial charge in [0.1, 0.15) is 0 Å². The lowest BCUT2D eigenvalue weighted by atomic mass is 10.2. The third kappa shape index (κ3) is 3.75. The minimum atomic E-state index is -2.90. The predicted molar refractivity (Wildman–Crippen MR) is 60.9 cm³/mol. The van der Waals surface area contributed by atoms with Crippen molar-refractivity contribution < 1.29 is 17.9 Å². The van der Waals surface area contributed by atoms with Crippen LogP contribution >= 0.6 is 0 Å². The van der Waals surface area contributed by atoms with Gasteiger partial charge in [0, 0.05) is 12.6 Å². The predicted octanol–water partition coefficient (Wildman–Crippen LogP) is 0.105. The average Bonchev–Trinajstić information content (AvgIpc) is 2.54. The number of carbonyl (C=O) groups excluding carboxylic acids is 1. The molecular weight excluding hydrogens is 230 g/mol. The van der Waals surface area contributed by atoms with E-state index >= 15 is 0 Å². The van der Waals surface area contributed by atoms with Crippen LogP contribution in [0.3, 0.4) is 0 Å². The molecule has 0 aromatic carbocycles. The van der Waals surface area contributed by atoms with Gasteiger partial charge in [-0.05, 0) is 19.8 Å². The smallest absolute Gasteiger partial charge is 0.307 e. The molecular formula is C10H19NO4S. The van der Waals surface area contributed by atoms with Crippen molar-refractivity contribution in [1.29, 1.82) is 0 Å². The first kappa shape index (κ1) is 13.4. The fraction of sp³-hybridized carbons (Fsp3) is 0.900. The van der Waals surface area contributed by atoms with Gasteiger partial charge in [0.15, 0.2) is 9.84 Å². The van der Waals surface area contributed by atoms with Gasteiger partial charge in [-0.15, -0.1) is 0 Å². The third-order valence-corrected chi connectivity index (χ3v) is 5.13. The zero-order chi connectivity index (χ0) is 12.2. The van der Waals surface area contributed by atoms with Gasteiger partial charge in [-0.25, -0.2) is 8.42 Å². The summed E-state index contributed by atoms with van der Waals surface area (Å²) in [5.74, 6) is 0.0133. The molecule has 0 aliphatic carbocycles. The second-order valence-corrected chi connectivity index (χ2v) is 6.62. The van der Waals surface area contributed by atoms with E-state index in [9.17, 15) is 13.2 Å². The molecule has 0 radical (unpaired) electrons. The van der Waals surface area contributed by atoms with Gasteiger partial charge < -0.3 is 10.1 Å². The van der Waals surface area contributed by atoms with Gasteiger partial charge in [-0.3, -0.25) is 4.79 Å². The van der Waals surface area contributed by atoms with Crippen LogP contribution in [0, 0.1) is 0 Å². The van der Waals surface area contributed by atoms with Crippen molar-refractivity contribution >= 4 is 15.8 Å². The van der Waals surface area contributed by atoms with Crippen LogP contribution < -0.4 is 5.32 Å². The maximum atomic E-state index is 11.5. The van der Waals surface area contributed by atoms with E-state index in [0.29, 0.717) is 12.3 Å². The van der Waals surface area contributed by atoms with Crippen LogP contribution in [0.4, 0.5) is 0 Å². The van der Waals surface area contributed by atoms with E-state index in [1.165, 1.54) is 7.11 Å². The summed E-state index contributed by atoms with van der Waals surface area (Å²) in [6.45, 7) is 2.28. The molecule has 0 saturated carbocycles. The summed E-state index contributed by atoms with van der Waals surface area (Å²) in [5.41, 5.74) is 0. The fourth-order valence-corrected chi connectivity index (χ4v) is 3.60. The van der Waals surface area contributed by atoms with E-state index < -0.39 is 9.84 Å². The van der Waals surface area contributed by atoms with Gasteiger partial charge in [0.2, 0.25) is 0 Å². The lowest BCUT2D eigenvalue weighted by Crippen LogP contribution is -2.37. The number of carbonyl (C=O) groups is 1. The zero-order valence-corrected chi connectivity index (χ0v) is 10.5. The highest BCUT2D eigenvalue weighted by molar-refractivity contribution is 7.92. The summed E-state index contributed by atoms with van der Waals surface area (Å²) in [6, 6.07) is -0.0525. The Morgan fingerprint density at radius 2 is 2.25 bits per heavy atom. The van der Waals surface area contributed by atoms with E-state index in [-0.39, 0.29) is 23.7 Å². The highest BCUT2D eigenvalue weighted by Gasteiger charge is 2.31. The SMILES string of the molecule is COC(=O)CC(C)NCC1CCCS1(=O)=O. The molecule has 1 N–H and O–H groups in total. The van der Waals surface area contributed by atoms with Crippen LogP contribution in [-0.2, 0) is 19.4 Å². The number of nitrogens with one attached hydrogen (secondary N) is 1. The van der Waals surface area contributed by atoms with Crippen LogP contribution in [0.25, 0.3) is 0 Å². The largest absolute Gasteiger partial charge is 0.469 e. The Kier molecular flexibility index (Phi) is 4.73. The quantitative estimate of drug-likeness (QED) is 0.700. The molecule has 1 saturated heterocycles. The van der Waals surface area contributed by atoms with Crippen molar-refractivity contribution in [2.45, 2.75) is 37.5 Å². The Morgan fingerprint density at radius 1 is 1.56 bits per heavy atom. The molecule has 1 fully saturated rings.